The van der Waals surface area contributed by atoms with Gasteiger partial charge in [0, 0.05) is 10.9 Å². The zero-order valence-electron chi connectivity index (χ0n) is 17.6. The van der Waals surface area contributed by atoms with E-state index in [0.29, 0.717) is 27.8 Å². The molecular formula is C21H25N2O7-. The molecule has 0 aliphatic heterocycles. The number of fused-ring (bicyclic) bond motifs is 1. The highest BCUT2D eigenvalue weighted by atomic mass is 16.5. The summed E-state index contributed by atoms with van der Waals surface area (Å²) >= 11 is 0. The Labute approximate surface area is 173 Å². The van der Waals surface area contributed by atoms with Crippen LogP contribution in [-0.2, 0) is 20.8 Å². The first-order chi connectivity index (χ1) is 14.1. The lowest BCUT2D eigenvalue weighted by Crippen LogP contribution is -2.53. The maximum absolute atomic E-state index is 12.4. The second kappa shape index (κ2) is 9.43. The van der Waals surface area contributed by atoms with Gasteiger partial charge in [0.1, 0.15) is 11.3 Å². The van der Waals surface area contributed by atoms with Gasteiger partial charge < -0.3 is 29.7 Å². The monoisotopic (exact) mass is 417 g/mol. The topological polar surface area (TPSA) is 138 Å². The molecule has 0 aliphatic carbocycles. The number of aryl methyl sites for hydroxylation is 2. The standard InChI is InChI=1S/C21H26N2O7/c1-10(2)18(20(26)27)23-17(25)9-22-16(24)8-14-11(3)13-6-7-15(29-5)12(4)19(13)30-21(14)28/h6-7,10,18H,8-9H2,1-5H3,(H,22,24)(H,23,25)(H,26,27)/p-1/t18-/m0/s1. The summed E-state index contributed by atoms with van der Waals surface area (Å²) in [6, 6.07) is 2.34. The van der Waals surface area contributed by atoms with Crippen molar-refractivity contribution < 1.29 is 28.6 Å². The van der Waals surface area contributed by atoms with Crippen molar-refractivity contribution in [1.29, 1.82) is 0 Å². The highest BCUT2D eigenvalue weighted by Crippen LogP contribution is 2.29. The van der Waals surface area contributed by atoms with Crippen LogP contribution in [0, 0.1) is 19.8 Å². The van der Waals surface area contributed by atoms with E-state index in [-0.39, 0.29) is 17.9 Å². The molecule has 162 valence electrons. The van der Waals surface area contributed by atoms with Crippen LogP contribution in [0.25, 0.3) is 11.0 Å². The number of carbonyl (C=O) groups excluding carboxylic acids is 3. The van der Waals surface area contributed by atoms with Crippen LogP contribution in [0.15, 0.2) is 21.3 Å². The Hall–Kier alpha value is -3.36. The Morgan fingerprint density at radius 1 is 1.13 bits per heavy atom. The third-order valence-electron chi connectivity index (χ3n) is 4.89. The molecule has 0 bridgehead atoms. The first kappa shape index (κ1) is 22.9. The normalized spacial score (nSPS) is 11.9. The van der Waals surface area contributed by atoms with Crippen molar-refractivity contribution in [3.05, 3.63) is 39.2 Å². The molecule has 0 aliphatic rings. The molecular weight excluding hydrogens is 392 g/mol. The van der Waals surface area contributed by atoms with Gasteiger partial charge in [-0.05, 0) is 37.5 Å². The van der Waals surface area contributed by atoms with Crippen LogP contribution in [0.4, 0.5) is 0 Å². The highest BCUT2D eigenvalue weighted by molar-refractivity contribution is 5.90. The summed E-state index contributed by atoms with van der Waals surface area (Å²) in [6.45, 7) is 6.31. The summed E-state index contributed by atoms with van der Waals surface area (Å²) < 4.78 is 10.6. The van der Waals surface area contributed by atoms with Gasteiger partial charge >= 0.3 is 5.63 Å². The smallest absolute Gasteiger partial charge is 0.340 e. The summed E-state index contributed by atoms with van der Waals surface area (Å²) in [5.41, 5.74) is 1.20. The maximum Gasteiger partial charge on any atom is 0.340 e. The number of ether oxygens (including phenoxy) is 1. The van der Waals surface area contributed by atoms with E-state index in [2.05, 4.69) is 10.6 Å². The number of benzene rings is 1. The first-order valence-electron chi connectivity index (χ1n) is 9.43. The van der Waals surface area contributed by atoms with E-state index >= 15 is 0 Å². The van der Waals surface area contributed by atoms with E-state index in [4.69, 9.17) is 9.15 Å². The molecule has 9 heteroatoms. The number of methoxy groups -OCH3 is 1. The molecule has 9 nitrogen and oxygen atoms in total. The number of carboxylic acid groups (broad SMARTS) is 1. The van der Waals surface area contributed by atoms with Crippen molar-refractivity contribution in [2.45, 2.75) is 40.2 Å². The summed E-state index contributed by atoms with van der Waals surface area (Å²) in [4.78, 5) is 47.6. The molecule has 30 heavy (non-hydrogen) atoms. The number of amides is 2. The van der Waals surface area contributed by atoms with Crippen LogP contribution in [0.1, 0.15) is 30.5 Å². The van der Waals surface area contributed by atoms with Gasteiger partial charge in [0.25, 0.3) is 0 Å². The number of hydrogen-bond donors (Lipinski definition) is 2. The van der Waals surface area contributed by atoms with Gasteiger partial charge in [-0.3, -0.25) is 9.59 Å². The van der Waals surface area contributed by atoms with Crippen LogP contribution >= 0.6 is 0 Å². The van der Waals surface area contributed by atoms with E-state index in [1.54, 1.807) is 39.8 Å². The van der Waals surface area contributed by atoms with Crippen molar-refractivity contribution in [2.75, 3.05) is 13.7 Å². The van der Waals surface area contributed by atoms with Gasteiger partial charge in [-0.15, -0.1) is 0 Å². The SMILES string of the molecule is COc1ccc2c(C)c(CC(=O)NCC(=O)N[C@H](C(=O)[O-])C(C)C)c(=O)oc2c1C. The molecule has 0 saturated carbocycles. The molecule has 2 aromatic rings. The molecule has 1 heterocycles. The average molecular weight is 417 g/mol. The highest BCUT2D eigenvalue weighted by Gasteiger charge is 2.20. The van der Waals surface area contributed by atoms with Gasteiger partial charge in [0.05, 0.1) is 37.6 Å². The fourth-order valence-corrected chi connectivity index (χ4v) is 3.12. The zero-order chi connectivity index (χ0) is 22.6. The predicted octanol–water partition coefficient (Wildman–Crippen LogP) is -0.0322. The van der Waals surface area contributed by atoms with Gasteiger partial charge in [-0.2, -0.15) is 0 Å². The van der Waals surface area contributed by atoms with Gasteiger partial charge in [-0.1, -0.05) is 13.8 Å². The lowest BCUT2D eigenvalue weighted by molar-refractivity contribution is -0.309. The molecule has 0 radical (unpaired) electrons. The van der Waals surface area contributed by atoms with E-state index < -0.39 is 36.0 Å². The fourth-order valence-electron chi connectivity index (χ4n) is 3.12. The van der Waals surface area contributed by atoms with Crippen LogP contribution in [0.2, 0.25) is 0 Å². The van der Waals surface area contributed by atoms with Crippen molar-refractivity contribution in [3.8, 4) is 5.75 Å². The molecule has 0 fully saturated rings. The third kappa shape index (κ3) is 4.97. The van der Waals surface area contributed by atoms with E-state index in [1.165, 1.54) is 7.11 Å². The summed E-state index contributed by atoms with van der Waals surface area (Å²) in [7, 11) is 1.52. The third-order valence-corrected chi connectivity index (χ3v) is 4.89. The van der Waals surface area contributed by atoms with Crippen LogP contribution in [-0.4, -0.2) is 37.5 Å². The van der Waals surface area contributed by atoms with Crippen LogP contribution < -0.4 is 26.1 Å². The molecule has 1 atom stereocenters. The summed E-state index contributed by atoms with van der Waals surface area (Å²) in [5, 5.41) is 16.4. The van der Waals surface area contributed by atoms with Gasteiger partial charge in [-0.25, -0.2) is 4.79 Å². The van der Waals surface area contributed by atoms with Crippen LogP contribution in [0.3, 0.4) is 0 Å². The first-order valence-corrected chi connectivity index (χ1v) is 9.43. The Kier molecular flexibility index (Phi) is 7.20. The van der Waals surface area contributed by atoms with E-state index in [0.717, 1.165) is 0 Å². The van der Waals surface area contributed by atoms with Crippen molar-refractivity contribution >= 4 is 28.8 Å². The minimum absolute atomic E-state index is 0.180. The number of hydrogen-bond acceptors (Lipinski definition) is 7. The summed E-state index contributed by atoms with van der Waals surface area (Å²) in [6.07, 6.45) is -0.281. The number of carbonyl (C=O) groups is 3. The second-order valence-electron chi connectivity index (χ2n) is 7.32. The van der Waals surface area contributed by atoms with Crippen molar-refractivity contribution in [1.82, 2.24) is 10.6 Å². The predicted molar refractivity (Wildman–Crippen MR) is 107 cm³/mol. The lowest BCUT2D eigenvalue weighted by atomic mass is 10.0. The van der Waals surface area contributed by atoms with Gasteiger partial charge in [0.15, 0.2) is 0 Å². The molecule has 1 aromatic heterocycles. The molecule has 0 unspecified atom stereocenters. The molecule has 0 spiro atoms. The number of nitrogens with one attached hydrogen (secondary N) is 2. The van der Waals surface area contributed by atoms with Crippen molar-refractivity contribution in [2.24, 2.45) is 5.92 Å². The average Bonchev–Trinajstić information content (AvgIpc) is 2.68. The molecule has 2 amide bonds. The Bertz CT molecular complexity index is 1040. The molecule has 1 aromatic carbocycles. The van der Waals surface area contributed by atoms with Crippen LogP contribution in [0.5, 0.6) is 5.75 Å². The second-order valence-corrected chi connectivity index (χ2v) is 7.32. The van der Waals surface area contributed by atoms with Gasteiger partial charge in [0.2, 0.25) is 11.8 Å². The molecule has 0 saturated heterocycles. The van der Waals surface area contributed by atoms with E-state index in [9.17, 15) is 24.3 Å². The van der Waals surface area contributed by atoms with E-state index in [1.807, 2.05) is 0 Å². The minimum Gasteiger partial charge on any atom is -0.548 e. The molecule has 2 rings (SSSR count). The Balaban J connectivity index is 2.13. The number of carboxylic acids is 1. The lowest BCUT2D eigenvalue weighted by Gasteiger charge is -2.23. The number of aliphatic carboxylic acids is 1. The minimum atomic E-state index is -1.40. The van der Waals surface area contributed by atoms with Crippen molar-refractivity contribution in [3.63, 3.8) is 0 Å². The fraction of sp³-hybridized carbons (Fsp3) is 0.429. The summed E-state index contributed by atoms with van der Waals surface area (Å²) in [5.74, 6) is -2.43. The maximum atomic E-state index is 12.4. The zero-order valence-corrected chi connectivity index (χ0v) is 17.6. The largest absolute Gasteiger partial charge is 0.548 e. The molecule has 2 N–H and O–H groups in total. The number of rotatable bonds is 8. The Morgan fingerprint density at radius 2 is 1.80 bits per heavy atom. The quantitative estimate of drug-likeness (QED) is 0.575. The Morgan fingerprint density at radius 3 is 2.37 bits per heavy atom.